The summed E-state index contributed by atoms with van der Waals surface area (Å²) < 4.78 is 3.49. The van der Waals surface area contributed by atoms with Crippen molar-refractivity contribution in [3.8, 4) is 0 Å². The van der Waals surface area contributed by atoms with Gasteiger partial charge in [-0.25, -0.2) is 4.98 Å². The molecule has 0 aromatic carbocycles. The minimum absolute atomic E-state index is 0.0285. The van der Waals surface area contributed by atoms with Gasteiger partial charge in [-0.3, -0.25) is 14.3 Å². The smallest absolute Gasteiger partial charge is 0.274 e. The lowest BCUT2D eigenvalue weighted by atomic mass is 9.96. The van der Waals surface area contributed by atoms with Crippen LogP contribution in [0.4, 0.5) is 0 Å². The summed E-state index contributed by atoms with van der Waals surface area (Å²) in [6, 6.07) is 3.96. The molecular formula is C20H24N6O2. The molecule has 0 atom stereocenters. The van der Waals surface area contributed by atoms with Crippen molar-refractivity contribution >= 4 is 17.5 Å². The van der Waals surface area contributed by atoms with Gasteiger partial charge in [-0.2, -0.15) is 5.10 Å². The van der Waals surface area contributed by atoms with Gasteiger partial charge in [-0.15, -0.1) is 0 Å². The van der Waals surface area contributed by atoms with Crippen LogP contribution in [0.3, 0.4) is 0 Å². The van der Waals surface area contributed by atoms with E-state index in [1.807, 2.05) is 34.6 Å². The third-order valence-corrected chi connectivity index (χ3v) is 5.25. The summed E-state index contributed by atoms with van der Waals surface area (Å²) in [4.78, 5) is 31.2. The van der Waals surface area contributed by atoms with Crippen molar-refractivity contribution in [1.82, 2.24) is 29.4 Å². The largest absolute Gasteiger partial charge is 0.352 e. The maximum Gasteiger partial charge on any atom is 0.274 e. The van der Waals surface area contributed by atoms with E-state index in [4.69, 9.17) is 0 Å². The van der Waals surface area contributed by atoms with E-state index in [1.54, 1.807) is 30.3 Å². The fourth-order valence-corrected chi connectivity index (χ4v) is 3.57. The Hall–Kier alpha value is -3.16. The number of nitrogens with zero attached hydrogens (tertiary/aromatic N) is 5. The summed E-state index contributed by atoms with van der Waals surface area (Å²) in [5.41, 5.74) is 2.95. The van der Waals surface area contributed by atoms with Gasteiger partial charge in [0.25, 0.3) is 11.8 Å². The van der Waals surface area contributed by atoms with Gasteiger partial charge in [-0.1, -0.05) is 0 Å². The van der Waals surface area contributed by atoms with E-state index in [1.165, 1.54) is 0 Å². The molecular weight excluding hydrogens is 356 g/mol. The lowest BCUT2D eigenvalue weighted by Gasteiger charge is -2.31. The average Bonchev–Trinajstić information content (AvgIpc) is 3.31. The van der Waals surface area contributed by atoms with E-state index in [9.17, 15) is 9.59 Å². The molecule has 146 valence electrons. The number of fused-ring (bicyclic) bond motifs is 1. The molecule has 0 radical (unpaired) electrons. The number of piperidine rings is 1. The molecule has 3 aromatic heterocycles. The normalized spacial score (nSPS) is 15.1. The van der Waals surface area contributed by atoms with Crippen molar-refractivity contribution < 1.29 is 9.59 Å². The lowest BCUT2D eigenvalue weighted by Crippen LogP contribution is -2.41. The van der Waals surface area contributed by atoms with E-state index >= 15 is 0 Å². The van der Waals surface area contributed by atoms with Crippen molar-refractivity contribution in [2.75, 3.05) is 19.6 Å². The molecule has 1 fully saturated rings. The van der Waals surface area contributed by atoms with Gasteiger partial charge in [0, 0.05) is 45.3 Å². The van der Waals surface area contributed by atoms with Crippen LogP contribution in [0.5, 0.6) is 0 Å². The standard InChI is InChI=1S/C20H24N6O2/c1-14-3-6-26-13-17(23-18(26)9-14)20(28)25-7-4-15(5-8-25)10-21-19(27)16-11-22-24(2)12-16/h3,6,9,11-13,15H,4-5,7-8,10H2,1-2H3,(H,21,27). The van der Waals surface area contributed by atoms with Crippen LogP contribution >= 0.6 is 0 Å². The zero-order valence-electron chi connectivity index (χ0n) is 16.1. The van der Waals surface area contributed by atoms with Gasteiger partial charge in [0.1, 0.15) is 11.3 Å². The Kier molecular flexibility index (Phi) is 4.85. The van der Waals surface area contributed by atoms with Gasteiger partial charge < -0.3 is 14.6 Å². The van der Waals surface area contributed by atoms with Gasteiger partial charge in [0.15, 0.2) is 0 Å². The molecule has 1 aliphatic heterocycles. The van der Waals surface area contributed by atoms with Crippen LogP contribution in [0, 0.1) is 12.8 Å². The lowest BCUT2D eigenvalue weighted by molar-refractivity contribution is 0.0679. The topological polar surface area (TPSA) is 84.5 Å². The monoisotopic (exact) mass is 380 g/mol. The van der Waals surface area contributed by atoms with Crippen molar-refractivity contribution in [3.63, 3.8) is 0 Å². The summed E-state index contributed by atoms with van der Waals surface area (Å²) in [7, 11) is 1.79. The SMILES string of the molecule is Cc1ccn2cc(C(=O)N3CCC(CNC(=O)c4cnn(C)c4)CC3)nc2c1. The molecule has 4 heterocycles. The molecule has 0 aliphatic carbocycles. The van der Waals surface area contributed by atoms with Crippen LogP contribution < -0.4 is 5.32 Å². The molecule has 4 rings (SSSR count). The highest BCUT2D eigenvalue weighted by Gasteiger charge is 2.25. The Morgan fingerprint density at radius 3 is 2.75 bits per heavy atom. The fraction of sp³-hybridized carbons (Fsp3) is 0.400. The number of aromatic nitrogens is 4. The number of aryl methyl sites for hydroxylation is 2. The van der Waals surface area contributed by atoms with E-state index in [0.717, 1.165) is 24.1 Å². The molecule has 1 aliphatic rings. The van der Waals surface area contributed by atoms with Gasteiger partial charge >= 0.3 is 0 Å². The number of hydrogen-bond donors (Lipinski definition) is 1. The number of carbonyl (C=O) groups is 2. The molecule has 8 heteroatoms. The molecule has 8 nitrogen and oxygen atoms in total. The third-order valence-electron chi connectivity index (χ3n) is 5.25. The number of pyridine rings is 1. The first kappa shape index (κ1) is 18.2. The first-order chi connectivity index (χ1) is 13.5. The van der Waals surface area contributed by atoms with Gasteiger partial charge in [0.2, 0.25) is 0 Å². The van der Waals surface area contributed by atoms with Crippen LogP contribution in [0.15, 0.2) is 36.9 Å². The zero-order chi connectivity index (χ0) is 19.7. The second-order valence-corrected chi connectivity index (χ2v) is 7.44. The van der Waals surface area contributed by atoms with Crippen molar-refractivity contribution in [2.24, 2.45) is 13.0 Å². The summed E-state index contributed by atoms with van der Waals surface area (Å²) in [5.74, 6) is 0.235. The Morgan fingerprint density at radius 2 is 2.04 bits per heavy atom. The fourth-order valence-electron chi connectivity index (χ4n) is 3.57. The maximum absolute atomic E-state index is 12.8. The number of amides is 2. The first-order valence-corrected chi connectivity index (χ1v) is 9.51. The van der Waals surface area contributed by atoms with E-state index in [0.29, 0.717) is 36.8 Å². The van der Waals surface area contributed by atoms with Crippen LogP contribution in [0.2, 0.25) is 0 Å². The minimum atomic E-state index is -0.105. The van der Waals surface area contributed by atoms with Crippen molar-refractivity contribution in [1.29, 1.82) is 0 Å². The molecule has 2 amide bonds. The first-order valence-electron chi connectivity index (χ1n) is 9.51. The number of hydrogen-bond acceptors (Lipinski definition) is 4. The second-order valence-electron chi connectivity index (χ2n) is 7.44. The molecule has 0 saturated carbocycles. The number of rotatable bonds is 4. The average molecular weight is 380 g/mol. The van der Waals surface area contributed by atoms with Crippen LogP contribution in [0.1, 0.15) is 39.3 Å². The predicted octanol–water partition coefficient (Wildman–Crippen LogP) is 1.66. The summed E-state index contributed by atoms with van der Waals surface area (Å²) in [5, 5.41) is 6.98. The maximum atomic E-state index is 12.8. The van der Waals surface area contributed by atoms with E-state index in [-0.39, 0.29) is 11.8 Å². The van der Waals surface area contributed by atoms with Crippen LogP contribution in [0.25, 0.3) is 5.65 Å². The molecule has 0 bridgehead atoms. The Morgan fingerprint density at radius 1 is 1.25 bits per heavy atom. The molecule has 0 unspecified atom stereocenters. The molecule has 28 heavy (non-hydrogen) atoms. The highest BCUT2D eigenvalue weighted by atomic mass is 16.2. The third kappa shape index (κ3) is 3.76. The van der Waals surface area contributed by atoms with Gasteiger partial charge in [-0.05, 0) is 43.4 Å². The second kappa shape index (κ2) is 7.46. The molecule has 0 spiro atoms. The number of likely N-dealkylation sites (tertiary alicyclic amines) is 1. The van der Waals surface area contributed by atoms with Crippen LogP contribution in [-0.4, -0.2) is 55.5 Å². The van der Waals surface area contributed by atoms with E-state index < -0.39 is 0 Å². The Bertz CT molecular complexity index is 1010. The summed E-state index contributed by atoms with van der Waals surface area (Å²) >= 11 is 0. The Balaban J connectivity index is 1.30. The van der Waals surface area contributed by atoms with E-state index in [2.05, 4.69) is 15.4 Å². The quantitative estimate of drug-likeness (QED) is 0.746. The van der Waals surface area contributed by atoms with Crippen LogP contribution in [-0.2, 0) is 7.05 Å². The predicted molar refractivity (Wildman–Crippen MR) is 104 cm³/mol. The highest BCUT2D eigenvalue weighted by Crippen LogP contribution is 2.19. The number of imidazole rings is 1. The van der Waals surface area contributed by atoms with Gasteiger partial charge in [0.05, 0.1) is 11.8 Å². The van der Waals surface area contributed by atoms with Crippen molar-refractivity contribution in [3.05, 3.63) is 53.7 Å². The number of carbonyl (C=O) groups excluding carboxylic acids is 2. The zero-order valence-corrected chi connectivity index (χ0v) is 16.1. The molecule has 1 N–H and O–H groups in total. The molecule has 3 aromatic rings. The minimum Gasteiger partial charge on any atom is -0.352 e. The number of nitrogens with one attached hydrogen (secondary N) is 1. The Labute approximate surface area is 163 Å². The molecule has 1 saturated heterocycles. The van der Waals surface area contributed by atoms with Crippen molar-refractivity contribution in [2.45, 2.75) is 19.8 Å². The summed E-state index contributed by atoms with van der Waals surface area (Å²) in [6.45, 7) is 3.98. The highest BCUT2D eigenvalue weighted by molar-refractivity contribution is 5.94. The summed E-state index contributed by atoms with van der Waals surface area (Å²) in [6.07, 6.45) is 8.71.